The molecule has 0 amide bonds. The first kappa shape index (κ1) is 15.5. The molecule has 0 bridgehead atoms. The van der Waals surface area contributed by atoms with E-state index >= 15 is 0 Å². The zero-order valence-corrected chi connectivity index (χ0v) is 10.8. The standard InChI is InChI=1S/C14H12F3N.ClH/c15-14(16,17)13-4-2-1-3-12(13)11-7-5-10(9-18)6-8-11;/h1-8H,9,18H2;1H. The van der Waals surface area contributed by atoms with Gasteiger partial charge in [-0.15, -0.1) is 12.4 Å². The highest BCUT2D eigenvalue weighted by molar-refractivity contribution is 5.85. The van der Waals surface area contributed by atoms with Gasteiger partial charge >= 0.3 is 6.18 Å². The maximum atomic E-state index is 12.9. The molecule has 0 spiro atoms. The van der Waals surface area contributed by atoms with Crippen molar-refractivity contribution in [2.75, 3.05) is 0 Å². The van der Waals surface area contributed by atoms with Crippen LogP contribution in [0.15, 0.2) is 48.5 Å². The molecular formula is C14H13ClF3N. The number of benzene rings is 2. The lowest BCUT2D eigenvalue weighted by Crippen LogP contribution is -2.06. The number of nitrogens with two attached hydrogens (primary N) is 1. The quantitative estimate of drug-likeness (QED) is 0.878. The molecule has 0 aliphatic rings. The zero-order chi connectivity index (χ0) is 13.2. The van der Waals surface area contributed by atoms with Crippen molar-refractivity contribution in [3.05, 3.63) is 59.7 Å². The molecule has 0 aliphatic heterocycles. The lowest BCUT2D eigenvalue weighted by atomic mass is 9.98. The van der Waals surface area contributed by atoms with Crippen molar-refractivity contribution in [3.8, 4) is 11.1 Å². The van der Waals surface area contributed by atoms with Gasteiger partial charge in [0.1, 0.15) is 0 Å². The fraction of sp³-hybridized carbons (Fsp3) is 0.143. The molecule has 2 rings (SSSR count). The Morgan fingerprint density at radius 3 is 2.00 bits per heavy atom. The van der Waals surface area contributed by atoms with Gasteiger partial charge in [-0.3, -0.25) is 0 Å². The van der Waals surface area contributed by atoms with Crippen molar-refractivity contribution >= 4 is 12.4 Å². The van der Waals surface area contributed by atoms with E-state index in [-0.39, 0.29) is 18.0 Å². The Morgan fingerprint density at radius 1 is 0.895 bits per heavy atom. The van der Waals surface area contributed by atoms with Crippen molar-refractivity contribution in [2.24, 2.45) is 5.73 Å². The third-order valence-electron chi connectivity index (χ3n) is 2.73. The molecule has 0 fully saturated rings. The third kappa shape index (κ3) is 3.49. The van der Waals surface area contributed by atoms with Crippen molar-refractivity contribution in [1.82, 2.24) is 0 Å². The molecule has 19 heavy (non-hydrogen) atoms. The van der Waals surface area contributed by atoms with Gasteiger partial charge in [0.15, 0.2) is 0 Å². The smallest absolute Gasteiger partial charge is 0.326 e. The first-order valence-corrected chi connectivity index (χ1v) is 5.48. The largest absolute Gasteiger partial charge is 0.417 e. The lowest BCUT2D eigenvalue weighted by Gasteiger charge is -2.12. The predicted molar refractivity (Wildman–Crippen MR) is 72.0 cm³/mol. The normalized spacial score (nSPS) is 10.9. The van der Waals surface area contributed by atoms with Crippen LogP contribution in [0.4, 0.5) is 13.2 Å². The van der Waals surface area contributed by atoms with Crippen LogP contribution in [0, 0.1) is 0 Å². The summed E-state index contributed by atoms with van der Waals surface area (Å²) in [6, 6.07) is 12.3. The van der Waals surface area contributed by atoms with Gasteiger partial charge in [0.25, 0.3) is 0 Å². The molecule has 0 aromatic heterocycles. The van der Waals surface area contributed by atoms with Crippen LogP contribution in [-0.4, -0.2) is 0 Å². The van der Waals surface area contributed by atoms with E-state index in [1.165, 1.54) is 12.1 Å². The minimum Gasteiger partial charge on any atom is -0.326 e. The summed E-state index contributed by atoms with van der Waals surface area (Å²) < 4.78 is 38.6. The van der Waals surface area contributed by atoms with Gasteiger partial charge in [-0.1, -0.05) is 42.5 Å². The Morgan fingerprint density at radius 2 is 1.47 bits per heavy atom. The summed E-state index contributed by atoms with van der Waals surface area (Å²) in [6.45, 7) is 0.376. The second-order valence-electron chi connectivity index (χ2n) is 3.94. The Bertz CT molecular complexity index is 535. The predicted octanol–water partition coefficient (Wildman–Crippen LogP) is 4.25. The number of rotatable bonds is 2. The first-order chi connectivity index (χ1) is 8.52. The SMILES string of the molecule is Cl.NCc1ccc(-c2ccccc2C(F)(F)F)cc1. The second kappa shape index (κ2) is 6.08. The highest BCUT2D eigenvalue weighted by Crippen LogP contribution is 2.36. The molecule has 0 heterocycles. The third-order valence-corrected chi connectivity index (χ3v) is 2.73. The van der Waals surface area contributed by atoms with Crippen LogP contribution in [-0.2, 0) is 12.7 Å². The number of halogens is 4. The van der Waals surface area contributed by atoms with Crippen molar-refractivity contribution in [1.29, 1.82) is 0 Å². The van der Waals surface area contributed by atoms with E-state index in [2.05, 4.69) is 0 Å². The van der Waals surface area contributed by atoms with Crippen LogP contribution in [0.3, 0.4) is 0 Å². The molecular weight excluding hydrogens is 275 g/mol. The summed E-state index contributed by atoms with van der Waals surface area (Å²) in [5.74, 6) is 0. The molecule has 0 aliphatic carbocycles. The van der Waals surface area contributed by atoms with Gasteiger partial charge in [-0.2, -0.15) is 13.2 Å². The van der Waals surface area contributed by atoms with Gasteiger partial charge in [0.05, 0.1) is 5.56 Å². The fourth-order valence-corrected chi connectivity index (χ4v) is 1.80. The van der Waals surface area contributed by atoms with Crippen molar-refractivity contribution in [2.45, 2.75) is 12.7 Å². The fourth-order valence-electron chi connectivity index (χ4n) is 1.80. The zero-order valence-electron chi connectivity index (χ0n) is 9.95. The average Bonchev–Trinajstić information content (AvgIpc) is 2.38. The molecule has 2 aromatic carbocycles. The summed E-state index contributed by atoms with van der Waals surface area (Å²) >= 11 is 0. The van der Waals surface area contributed by atoms with Crippen LogP contribution >= 0.6 is 12.4 Å². The van der Waals surface area contributed by atoms with Crippen LogP contribution in [0.2, 0.25) is 0 Å². The van der Waals surface area contributed by atoms with E-state index in [0.717, 1.165) is 11.6 Å². The van der Waals surface area contributed by atoms with E-state index in [1.54, 1.807) is 30.3 Å². The molecule has 0 atom stereocenters. The number of hydrogen-bond donors (Lipinski definition) is 1. The summed E-state index contributed by atoms with van der Waals surface area (Å²) in [5, 5.41) is 0. The van der Waals surface area contributed by atoms with Gasteiger partial charge < -0.3 is 5.73 Å². The van der Waals surface area contributed by atoms with E-state index < -0.39 is 11.7 Å². The Kier molecular flexibility index (Phi) is 4.97. The van der Waals surface area contributed by atoms with Crippen LogP contribution in [0.25, 0.3) is 11.1 Å². The number of alkyl halides is 3. The summed E-state index contributed by atoms with van der Waals surface area (Å²) in [7, 11) is 0. The molecule has 1 nitrogen and oxygen atoms in total. The van der Waals surface area contributed by atoms with E-state index in [9.17, 15) is 13.2 Å². The molecule has 0 saturated heterocycles. The molecule has 5 heteroatoms. The highest BCUT2D eigenvalue weighted by atomic mass is 35.5. The van der Waals surface area contributed by atoms with E-state index in [1.807, 2.05) is 0 Å². The highest BCUT2D eigenvalue weighted by Gasteiger charge is 2.33. The molecule has 0 unspecified atom stereocenters. The summed E-state index contributed by atoms with van der Waals surface area (Å²) in [4.78, 5) is 0. The minimum absolute atomic E-state index is 0. The Hall–Kier alpha value is -1.52. The number of hydrogen-bond acceptors (Lipinski definition) is 1. The summed E-state index contributed by atoms with van der Waals surface area (Å²) in [5.41, 5.74) is 6.46. The second-order valence-corrected chi connectivity index (χ2v) is 3.94. The van der Waals surface area contributed by atoms with Gasteiger partial charge in [0, 0.05) is 6.54 Å². The van der Waals surface area contributed by atoms with Crippen LogP contribution < -0.4 is 5.73 Å². The monoisotopic (exact) mass is 287 g/mol. The van der Waals surface area contributed by atoms with Crippen LogP contribution in [0.1, 0.15) is 11.1 Å². The van der Waals surface area contributed by atoms with Gasteiger partial charge in [0.2, 0.25) is 0 Å². The van der Waals surface area contributed by atoms with E-state index in [0.29, 0.717) is 12.1 Å². The Balaban J connectivity index is 0.00000180. The minimum atomic E-state index is -4.34. The van der Waals surface area contributed by atoms with Gasteiger partial charge in [-0.05, 0) is 22.8 Å². The maximum Gasteiger partial charge on any atom is 0.417 e. The Labute approximate surface area is 115 Å². The first-order valence-electron chi connectivity index (χ1n) is 5.48. The molecule has 2 aromatic rings. The van der Waals surface area contributed by atoms with Crippen molar-refractivity contribution < 1.29 is 13.2 Å². The van der Waals surface area contributed by atoms with Crippen LogP contribution in [0.5, 0.6) is 0 Å². The topological polar surface area (TPSA) is 26.0 Å². The molecule has 0 saturated carbocycles. The van der Waals surface area contributed by atoms with Gasteiger partial charge in [-0.25, -0.2) is 0 Å². The molecule has 2 N–H and O–H groups in total. The lowest BCUT2D eigenvalue weighted by molar-refractivity contribution is -0.137. The molecule has 0 radical (unpaired) electrons. The van der Waals surface area contributed by atoms with Crippen molar-refractivity contribution in [3.63, 3.8) is 0 Å². The maximum absolute atomic E-state index is 12.9. The molecule has 102 valence electrons. The van der Waals surface area contributed by atoms with E-state index in [4.69, 9.17) is 5.73 Å². The summed E-state index contributed by atoms with van der Waals surface area (Å²) in [6.07, 6.45) is -4.34. The average molecular weight is 288 g/mol.